The zero-order chi connectivity index (χ0) is 14.4. The van der Waals surface area contributed by atoms with E-state index in [0.29, 0.717) is 6.04 Å². The fourth-order valence-corrected chi connectivity index (χ4v) is 2.74. The molecule has 0 amide bonds. The van der Waals surface area contributed by atoms with Crippen LogP contribution in [0.15, 0.2) is 23.5 Å². The molecule has 1 aliphatic rings. The molecule has 2 N–H and O–H groups in total. The molecule has 1 aromatic heterocycles. The van der Waals surface area contributed by atoms with Crippen molar-refractivity contribution >= 4 is 5.96 Å². The molecule has 1 saturated carbocycles. The second-order valence-electron chi connectivity index (χ2n) is 5.98. The van der Waals surface area contributed by atoms with Gasteiger partial charge in [0.05, 0.1) is 6.54 Å². The molecule has 1 aliphatic carbocycles. The van der Waals surface area contributed by atoms with Crippen LogP contribution in [0.4, 0.5) is 0 Å². The van der Waals surface area contributed by atoms with Gasteiger partial charge in [-0.15, -0.1) is 0 Å². The van der Waals surface area contributed by atoms with Gasteiger partial charge in [-0.05, 0) is 50.2 Å². The molecular formula is C16H28N4. The summed E-state index contributed by atoms with van der Waals surface area (Å²) >= 11 is 0. The predicted octanol–water partition coefficient (Wildman–Crippen LogP) is 2.66. The maximum Gasteiger partial charge on any atom is 0.191 e. The van der Waals surface area contributed by atoms with Crippen LogP contribution in [0.5, 0.6) is 0 Å². The minimum absolute atomic E-state index is 0.583. The lowest BCUT2D eigenvalue weighted by Gasteiger charge is -2.28. The normalized spacial score (nSPS) is 23.6. The fraction of sp³-hybridized carbons (Fsp3) is 0.688. The van der Waals surface area contributed by atoms with Gasteiger partial charge < -0.3 is 15.2 Å². The van der Waals surface area contributed by atoms with Gasteiger partial charge in [0.2, 0.25) is 0 Å². The van der Waals surface area contributed by atoms with Crippen molar-refractivity contribution in [2.45, 2.75) is 52.1 Å². The maximum atomic E-state index is 4.69. The predicted molar refractivity (Wildman–Crippen MR) is 84.8 cm³/mol. The van der Waals surface area contributed by atoms with Crippen LogP contribution in [0, 0.1) is 5.92 Å². The van der Waals surface area contributed by atoms with Gasteiger partial charge in [-0.1, -0.05) is 6.92 Å². The van der Waals surface area contributed by atoms with Crippen LogP contribution < -0.4 is 10.6 Å². The van der Waals surface area contributed by atoms with Gasteiger partial charge in [-0.25, -0.2) is 4.99 Å². The van der Waals surface area contributed by atoms with Crippen LogP contribution in [-0.2, 0) is 13.6 Å². The number of guanidine groups is 1. The molecule has 20 heavy (non-hydrogen) atoms. The van der Waals surface area contributed by atoms with Crippen molar-refractivity contribution in [3.63, 3.8) is 0 Å². The highest BCUT2D eigenvalue weighted by Crippen LogP contribution is 2.23. The van der Waals surface area contributed by atoms with Gasteiger partial charge in [0.1, 0.15) is 0 Å². The Balaban J connectivity index is 1.88. The summed E-state index contributed by atoms with van der Waals surface area (Å²) in [4.78, 5) is 4.69. The quantitative estimate of drug-likeness (QED) is 0.656. The van der Waals surface area contributed by atoms with Gasteiger partial charge in [-0.3, -0.25) is 0 Å². The second-order valence-corrected chi connectivity index (χ2v) is 5.98. The number of hydrogen-bond donors (Lipinski definition) is 2. The lowest BCUT2D eigenvalue weighted by Crippen LogP contribution is -2.44. The number of nitrogens with one attached hydrogen (secondary N) is 2. The van der Waals surface area contributed by atoms with E-state index in [0.717, 1.165) is 25.0 Å². The number of aryl methyl sites for hydroxylation is 1. The van der Waals surface area contributed by atoms with E-state index in [2.05, 4.69) is 47.5 Å². The Morgan fingerprint density at radius 2 is 2.10 bits per heavy atom. The molecule has 4 nitrogen and oxygen atoms in total. The third-order valence-corrected chi connectivity index (χ3v) is 4.01. The van der Waals surface area contributed by atoms with Crippen molar-refractivity contribution in [1.82, 2.24) is 15.2 Å². The van der Waals surface area contributed by atoms with Crippen molar-refractivity contribution < 1.29 is 0 Å². The van der Waals surface area contributed by atoms with E-state index in [-0.39, 0.29) is 0 Å². The molecule has 4 heteroatoms. The topological polar surface area (TPSA) is 41.4 Å². The average molecular weight is 276 g/mol. The van der Waals surface area contributed by atoms with Crippen LogP contribution >= 0.6 is 0 Å². The molecule has 0 atom stereocenters. The molecule has 0 saturated heterocycles. The molecule has 2 rings (SSSR count). The zero-order valence-electron chi connectivity index (χ0n) is 13.0. The molecule has 0 bridgehead atoms. The van der Waals surface area contributed by atoms with Crippen molar-refractivity contribution in [2.75, 3.05) is 6.54 Å². The summed E-state index contributed by atoms with van der Waals surface area (Å²) in [5.41, 5.74) is 1.25. The van der Waals surface area contributed by atoms with E-state index in [1.807, 2.05) is 7.05 Å². The lowest BCUT2D eigenvalue weighted by atomic mass is 9.87. The average Bonchev–Trinajstić information content (AvgIpc) is 2.85. The zero-order valence-corrected chi connectivity index (χ0v) is 13.0. The van der Waals surface area contributed by atoms with Gasteiger partial charge >= 0.3 is 0 Å². The summed E-state index contributed by atoms with van der Waals surface area (Å²) in [6.07, 6.45) is 9.36. The molecule has 112 valence electrons. The summed E-state index contributed by atoms with van der Waals surface area (Å²) in [6.45, 7) is 6.11. The van der Waals surface area contributed by atoms with E-state index in [4.69, 9.17) is 4.99 Å². The summed E-state index contributed by atoms with van der Waals surface area (Å²) in [5.74, 6) is 1.84. The molecule has 1 aromatic rings. The van der Waals surface area contributed by atoms with Crippen molar-refractivity contribution in [3.05, 3.63) is 24.0 Å². The third-order valence-electron chi connectivity index (χ3n) is 4.01. The van der Waals surface area contributed by atoms with E-state index in [1.54, 1.807) is 0 Å². The highest BCUT2D eigenvalue weighted by molar-refractivity contribution is 5.80. The first kappa shape index (κ1) is 14.9. The summed E-state index contributed by atoms with van der Waals surface area (Å²) < 4.78 is 2.06. The Kier molecular flexibility index (Phi) is 5.50. The summed E-state index contributed by atoms with van der Waals surface area (Å²) in [6, 6.07) is 2.70. The van der Waals surface area contributed by atoms with E-state index < -0.39 is 0 Å². The van der Waals surface area contributed by atoms with Crippen LogP contribution in [0.2, 0.25) is 0 Å². The number of nitrogens with zero attached hydrogens (tertiary/aromatic N) is 2. The van der Waals surface area contributed by atoms with Gasteiger partial charge in [-0.2, -0.15) is 0 Å². The van der Waals surface area contributed by atoms with E-state index in [9.17, 15) is 0 Å². The minimum Gasteiger partial charge on any atom is -0.357 e. The molecule has 0 aliphatic heterocycles. The van der Waals surface area contributed by atoms with Crippen LogP contribution in [-0.4, -0.2) is 23.1 Å². The van der Waals surface area contributed by atoms with Crippen molar-refractivity contribution in [3.8, 4) is 0 Å². The Morgan fingerprint density at radius 1 is 1.35 bits per heavy atom. The molecule has 0 aromatic carbocycles. The monoisotopic (exact) mass is 276 g/mol. The summed E-state index contributed by atoms with van der Waals surface area (Å²) in [5, 5.41) is 6.94. The van der Waals surface area contributed by atoms with Gasteiger partial charge in [0, 0.05) is 32.0 Å². The van der Waals surface area contributed by atoms with Crippen molar-refractivity contribution in [2.24, 2.45) is 18.0 Å². The minimum atomic E-state index is 0.583. The standard InChI is InChI=1S/C16H28N4/c1-4-17-16(18-11-14-9-10-20(3)12-14)19-15-7-5-13(2)6-8-15/h9-10,12-13,15H,4-8,11H2,1-3H3,(H2,17,18,19). The largest absolute Gasteiger partial charge is 0.357 e. The first-order valence-corrected chi connectivity index (χ1v) is 7.83. The second kappa shape index (κ2) is 7.36. The van der Waals surface area contributed by atoms with E-state index in [1.165, 1.54) is 31.2 Å². The highest BCUT2D eigenvalue weighted by Gasteiger charge is 2.18. The SMILES string of the molecule is CCNC(=NCc1ccn(C)c1)NC1CCC(C)CC1. The maximum absolute atomic E-state index is 4.69. The molecule has 0 unspecified atom stereocenters. The van der Waals surface area contributed by atoms with Crippen LogP contribution in [0.25, 0.3) is 0 Å². The number of rotatable bonds is 4. The number of hydrogen-bond acceptors (Lipinski definition) is 1. The van der Waals surface area contributed by atoms with Gasteiger partial charge in [0.15, 0.2) is 5.96 Å². The van der Waals surface area contributed by atoms with Crippen molar-refractivity contribution in [1.29, 1.82) is 0 Å². The Morgan fingerprint density at radius 3 is 2.70 bits per heavy atom. The molecule has 1 fully saturated rings. The van der Waals surface area contributed by atoms with Crippen LogP contribution in [0.3, 0.4) is 0 Å². The fourth-order valence-electron chi connectivity index (χ4n) is 2.74. The molecule has 0 radical (unpaired) electrons. The lowest BCUT2D eigenvalue weighted by molar-refractivity contribution is 0.329. The third kappa shape index (κ3) is 4.58. The number of aliphatic imine (C=N–C) groups is 1. The molecule has 0 spiro atoms. The van der Waals surface area contributed by atoms with Crippen LogP contribution in [0.1, 0.15) is 45.1 Å². The Hall–Kier alpha value is -1.45. The highest BCUT2D eigenvalue weighted by atomic mass is 15.2. The molecule has 1 heterocycles. The smallest absolute Gasteiger partial charge is 0.191 e. The first-order chi connectivity index (χ1) is 9.67. The number of aromatic nitrogens is 1. The molecular weight excluding hydrogens is 248 g/mol. The Bertz CT molecular complexity index is 427. The van der Waals surface area contributed by atoms with E-state index >= 15 is 0 Å². The summed E-state index contributed by atoms with van der Waals surface area (Å²) in [7, 11) is 2.04. The van der Waals surface area contributed by atoms with Gasteiger partial charge in [0.25, 0.3) is 0 Å². The first-order valence-electron chi connectivity index (χ1n) is 7.83. The Labute approximate surface area is 122 Å².